The molecule has 0 aliphatic rings. The number of carbonyl (C=O) groups is 1. The molecule has 6 nitrogen and oxygen atoms in total. The number of halogens is 1. The Balaban J connectivity index is 2.61. The molecule has 142 valence electrons. The first-order valence-electron chi connectivity index (χ1n) is 8.54. The molecule has 2 aromatic rings. The number of aromatic nitrogens is 2. The van der Waals surface area contributed by atoms with Crippen LogP contribution in [0.1, 0.15) is 44.7 Å². The van der Waals surface area contributed by atoms with Crippen molar-refractivity contribution in [2.24, 2.45) is 0 Å². The third kappa shape index (κ3) is 3.80. The smallest absolute Gasteiger partial charge is 0.323 e. The van der Waals surface area contributed by atoms with Crippen LogP contribution in [0.4, 0.5) is 4.79 Å². The van der Waals surface area contributed by atoms with Crippen LogP contribution in [-0.2, 0) is 9.84 Å². The third-order valence-corrected chi connectivity index (χ3v) is 7.32. The minimum absolute atomic E-state index is 0.0525. The maximum atomic E-state index is 13.3. The summed E-state index contributed by atoms with van der Waals surface area (Å²) in [5.74, 6) is 0.0525. The molecule has 0 saturated carbocycles. The number of nitrogens with zero attached hydrogens (tertiary/aromatic N) is 3. The Morgan fingerprint density at radius 2 is 1.88 bits per heavy atom. The minimum atomic E-state index is -3.84. The van der Waals surface area contributed by atoms with Crippen molar-refractivity contribution in [2.75, 3.05) is 13.1 Å². The van der Waals surface area contributed by atoms with Crippen molar-refractivity contribution < 1.29 is 13.2 Å². The average molecular weight is 489 g/mol. The van der Waals surface area contributed by atoms with E-state index in [0.29, 0.717) is 22.2 Å². The van der Waals surface area contributed by atoms with Gasteiger partial charge in [-0.25, -0.2) is 13.2 Å². The Morgan fingerprint density at radius 1 is 1.27 bits per heavy atom. The highest BCUT2D eigenvalue weighted by atomic mass is 127. The second-order valence-electron chi connectivity index (χ2n) is 6.33. The van der Waals surface area contributed by atoms with E-state index in [1.165, 1.54) is 6.20 Å². The fourth-order valence-corrected chi connectivity index (χ4v) is 5.90. The van der Waals surface area contributed by atoms with Gasteiger partial charge < -0.3 is 4.90 Å². The average Bonchev–Trinajstić information content (AvgIpc) is 2.98. The summed E-state index contributed by atoms with van der Waals surface area (Å²) in [6.07, 6.45) is 1.47. The SMILES string of the molecule is CCN(CC)C(=O)n1cc(I)c(S(=O)(=O)c2c(C)cccc2C(C)C)n1. The third-order valence-electron chi connectivity index (χ3n) is 4.26. The Bertz CT molecular complexity index is 916. The van der Waals surface area contributed by atoms with E-state index in [0.717, 1.165) is 10.2 Å². The Morgan fingerprint density at radius 3 is 2.42 bits per heavy atom. The highest BCUT2D eigenvalue weighted by Gasteiger charge is 2.30. The molecule has 1 amide bonds. The molecule has 0 saturated heterocycles. The van der Waals surface area contributed by atoms with Gasteiger partial charge in [-0.1, -0.05) is 32.0 Å². The summed E-state index contributed by atoms with van der Waals surface area (Å²) >= 11 is 1.92. The molecule has 0 radical (unpaired) electrons. The summed E-state index contributed by atoms with van der Waals surface area (Å²) in [5.41, 5.74) is 1.43. The van der Waals surface area contributed by atoms with Crippen LogP contribution in [0.5, 0.6) is 0 Å². The van der Waals surface area contributed by atoms with Crippen molar-refractivity contribution in [3.63, 3.8) is 0 Å². The first-order valence-corrected chi connectivity index (χ1v) is 11.1. The fourth-order valence-electron chi connectivity index (χ4n) is 2.85. The molecular formula is C18H24IN3O3S. The number of hydrogen-bond acceptors (Lipinski definition) is 4. The Hall–Kier alpha value is -1.42. The van der Waals surface area contributed by atoms with E-state index < -0.39 is 9.84 Å². The number of sulfone groups is 1. The van der Waals surface area contributed by atoms with E-state index in [4.69, 9.17) is 0 Å². The van der Waals surface area contributed by atoms with Crippen molar-refractivity contribution in [2.45, 2.75) is 50.5 Å². The summed E-state index contributed by atoms with van der Waals surface area (Å²) in [4.78, 5) is 14.4. The molecular weight excluding hydrogens is 465 g/mol. The number of hydrogen-bond donors (Lipinski definition) is 0. The number of aryl methyl sites for hydroxylation is 1. The van der Waals surface area contributed by atoms with Gasteiger partial charge in [-0.05, 0) is 60.4 Å². The van der Waals surface area contributed by atoms with Crippen LogP contribution < -0.4 is 0 Å². The topological polar surface area (TPSA) is 72.3 Å². The molecule has 1 heterocycles. The van der Waals surface area contributed by atoms with Gasteiger partial charge in [0.15, 0.2) is 5.03 Å². The number of benzene rings is 1. The molecule has 1 aromatic heterocycles. The molecule has 8 heteroatoms. The highest BCUT2D eigenvalue weighted by Crippen LogP contribution is 2.32. The van der Waals surface area contributed by atoms with Gasteiger partial charge in [-0.2, -0.15) is 9.78 Å². The van der Waals surface area contributed by atoms with Gasteiger partial charge in [0.25, 0.3) is 0 Å². The van der Waals surface area contributed by atoms with E-state index in [9.17, 15) is 13.2 Å². The zero-order valence-corrected chi connectivity index (χ0v) is 18.6. The maximum Gasteiger partial charge on any atom is 0.344 e. The van der Waals surface area contributed by atoms with E-state index >= 15 is 0 Å². The van der Waals surface area contributed by atoms with Crippen molar-refractivity contribution in [1.82, 2.24) is 14.7 Å². The minimum Gasteiger partial charge on any atom is -0.323 e. The molecule has 26 heavy (non-hydrogen) atoms. The monoisotopic (exact) mass is 489 g/mol. The van der Waals surface area contributed by atoms with Gasteiger partial charge in [0.2, 0.25) is 9.84 Å². The molecule has 0 spiro atoms. The lowest BCUT2D eigenvalue weighted by molar-refractivity contribution is 0.201. The standard InChI is InChI=1S/C18H24IN3O3S/c1-6-21(7-2)18(23)22-11-15(19)17(20-22)26(24,25)16-13(5)9-8-10-14(16)12(3)4/h8-12H,6-7H2,1-5H3. The van der Waals surface area contributed by atoms with Crippen LogP contribution in [0.15, 0.2) is 34.3 Å². The zero-order chi connectivity index (χ0) is 19.6. The summed E-state index contributed by atoms with van der Waals surface area (Å²) in [5, 5.41) is 4.07. The lowest BCUT2D eigenvalue weighted by Gasteiger charge is -2.17. The zero-order valence-electron chi connectivity index (χ0n) is 15.7. The quantitative estimate of drug-likeness (QED) is 0.594. The normalized spacial score (nSPS) is 11.8. The van der Waals surface area contributed by atoms with Gasteiger partial charge in [-0.15, -0.1) is 0 Å². The van der Waals surface area contributed by atoms with Crippen LogP contribution in [0.2, 0.25) is 0 Å². The summed E-state index contributed by atoms with van der Waals surface area (Å²) in [7, 11) is -3.84. The molecule has 0 aliphatic heterocycles. The molecule has 0 aliphatic carbocycles. The lowest BCUT2D eigenvalue weighted by atomic mass is 10.0. The van der Waals surface area contributed by atoms with Crippen LogP contribution in [0, 0.1) is 10.5 Å². The fraction of sp³-hybridized carbons (Fsp3) is 0.444. The van der Waals surface area contributed by atoms with Gasteiger partial charge in [-0.3, -0.25) is 0 Å². The summed E-state index contributed by atoms with van der Waals surface area (Å²) in [6.45, 7) is 10.5. The predicted octanol–water partition coefficient (Wildman–Crippen LogP) is 4.06. The molecule has 0 atom stereocenters. The van der Waals surface area contributed by atoms with Crippen molar-refractivity contribution >= 4 is 38.5 Å². The van der Waals surface area contributed by atoms with Crippen LogP contribution in [-0.4, -0.2) is 42.2 Å². The van der Waals surface area contributed by atoms with Gasteiger partial charge in [0, 0.05) is 13.1 Å². The highest BCUT2D eigenvalue weighted by molar-refractivity contribution is 14.1. The Labute approximate surface area is 168 Å². The number of rotatable bonds is 5. The van der Waals surface area contributed by atoms with Crippen LogP contribution in [0.25, 0.3) is 0 Å². The van der Waals surface area contributed by atoms with E-state index in [1.807, 2.05) is 62.4 Å². The first-order chi connectivity index (χ1) is 12.1. The Kier molecular flexibility index (Phi) is 6.49. The van der Waals surface area contributed by atoms with E-state index in [2.05, 4.69) is 5.10 Å². The van der Waals surface area contributed by atoms with Crippen molar-refractivity contribution in [3.8, 4) is 0 Å². The molecule has 0 fully saturated rings. The molecule has 2 rings (SSSR count). The van der Waals surface area contributed by atoms with Crippen molar-refractivity contribution in [1.29, 1.82) is 0 Å². The summed E-state index contributed by atoms with van der Waals surface area (Å²) in [6, 6.07) is 5.14. The van der Waals surface area contributed by atoms with Gasteiger partial charge in [0.1, 0.15) is 0 Å². The second kappa shape index (κ2) is 8.08. The molecule has 0 N–H and O–H groups in total. The molecule has 0 bridgehead atoms. The second-order valence-corrected chi connectivity index (χ2v) is 9.30. The predicted molar refractivity (Wildman–Crippen MR) is 109 cm³/mol. The molecule has 1 aromatic carbocycles. The first kappa shape index (κ1) is 20.9. The number of carbonyl (C=O) groups excluding carboxylic acids is 1. The van der Waals surface area contributed by atoms with E-state index in [-0.39, 0.29) is 21.9 Å². The van der Waals surface area contributed by atoms with Gasteiger partial charge >= 0.3 is 6.03 Å². The maximum absolute atomic E-state index is 13.3. The molecule has 0 unspecified atom stereocenters. The summed E-state index contributed by atoms with van der Waals surface area (Å²) < 4.78 is 28.2. The largest absolute Gasteiger partial charge is 0.344 e. The van der Waals surface area contributed by atoms with Gasteiger partial charge in [0.05, 0.1) is 14.7 Å². The van der Waals surface area contributed by atoms with Crippen LogP contribution in [0.3, 0.4) is 0 Å². The lowest BCUT2D eigenvalue weighted by Crippen LogP contribution is -2.34. The van der Waals surface area contributed by atoms with Crippen LogP contribution >= 0.6 is 22.6 Å². The van der Waals surface area contributed by atoms with E-state index in [1.54, 1.807) is 17.9 Å². The number of amides is 1. The van der Waals surface area contributed by atoms with Crippen molar-refractivity contribution in [3.05, 3.63) is 39.1 Å².